The smallest absolute Gasteiger partial charge is 0.127 e. The molecule has 112 valence electrons. The van der Waals surface area contributed by atoms with Crippen molar-refractivity contribution < 1.29 is 17.7 Å². The Balaban J connectivity index is 2.22. The van der Waals surface area contributed by atoms with Gasteiger partial charge >= 0.3 is 0 Å². The average molecular weight is 310 g/mol. The summed E-state index contributed by atoms with van der Waals surface area (Å²) in [5.74, 6) is -0.215. The Kier molecular flexibility index (Phi) is 5.07. The second-order valence-corrected chi connectivity index (χ2v) is 6.40. The first-order valence-electron chi connectivity index (χ1n) is 6.47. The number of hydrogen-bond acceptors (Lipinski definition) is 2. The zero-order chi connectivity index (χ0) is 15.4. The minimum Gasteiger partial charge on any atom is -0.496 e. The van der Waals surface area contributed by atoms with E-state index in [9.17, 15) is 13.0 Å². The fourth-order valence-corrected chi connectivity index (χ4v) is 3.34. The summed E-state index contributed by atoms with van der Waals surface area (Å²) in [6.45, 7) is 1.69. The average Bonchev–Trinajstić information content (AvgIpc) is 2.47. The SMILES string of the molecule is COc1ccc(F)cc1C[S@@](=O)[C@H](C)c1ccccc1F. The van der Waals surface area contributed by atoms with Gasteiger partial charge in [0.25, 0.3) is 0 Å². The van der Waals surface area contributed by atoms with Crippen molar-refractivity contribution >= 4 is 10.8 Å². The van der Waals surface area contributed by atoms with Crippen LogP contribution in [0.5, 0.6) is 5.75 Å². The van der Waals surface area contributed by atoms with E-state index in [1.165, 1.54) is 31.4 Å². The molecular formula is C16H16F2O2S. The summed E-state index contributed by atoms with van der Waals surface area (Å²) in [6.07, 6.45) is 0. The molecule has 0 aliphatic carbocycles. The van der Waals surface area contributed by atoms with E-state index in [0.717, 1.165) is 0 Å². The monoisotopic (exact) mass is 310 g/mol. The van der Waals surface area contributed by atoms with E-state index in [-0.39, 0.29) is 11.6 Å². The van der Waals surface area contributed by atoms with Crippen molar-refractivity contribution in [3.05, 3.63) is 65.2 Å². The second kappa shape index (κ2) is 6.80. The first-order valence-corrected chi connectivity index (χ1v) is 7.85. The molecule has 0 amide bonds. The molecule has 2 aromatic carbocycles. The lowest BCUT2D eigenvalue weighted by Crippen LogP contribution is -2.08. The summed E-state index contributed by atoms with van der Waals surface area (Å²) in [6, 6.07) is 10.3. The minimum absolute atomic E-state index is 0.108. The molecule has 0 fully saturated rings. The summed E-state index contributed by atoms with van der Waals surface area (Å²) in [5, 5.41) is -0.487. The van der Waals surface area contributed by atoms with Gasteiger partial charge in [0.05, 0.1) is 18.1 Å². The predicted octanol–water partition coefficient (Wildman–Crippen LogP) is 3.98. The summed E-state index contributed by atoms with van der Waals surface area (Å²) < 4.78 is 44.6. The molecule has 0 bridgehead atoms. The quantitative estimate of drug-likeness (QED) is 0.835. The lowest BCUT2D eigenvalue weighted by Gasteiger charge is -2.14. The Hall–Kier alpha value is -1.75. The zero-order valence-electron chi connectivity index (χ0n) is 11.8. The van der Waals surface area contributed by atoms with Gasteiger partial charge in [0.15, 0.2) is 0 Å². The maximum Gasteiger partial charge on any atom is 0.127 e. The van der Waals surface area contributed by atoms with Crippen molar-refractivity contribution in [1.82, 2.24) is 0 Å². The third-order valence-electron chi connectivity index (χ3n) is 3.28. The summed E-state index contributed by atoms with van der Waals surface area (Å²) in [7, 11) is 0.0883. The van der Waals surface area contributed by atoms with Crippen molar-refractivity contribution in [3.8, 4) is 5.75 Å². The van der Waals surface area contributed by atoms with Crippen LogP contribution in [0.25, 0.3) is 0 Å². The fourth-order valence-electron chi connectivity index (χ4n) is 2.08. The summed E-state index contributed by atoms with van der Waals surface area (Å²) >= 11 is 0. The van der Waals surface area contributed by atoms with Crippen LogP contribution in [-0.2, 0) is 16.6 Å². The first kappa shape index (κ1) is 15.6. The molecule has 21 heavy (non-hydrogen) atoms. The third-order valence-corrected chi connectivity index (χ3v) is 4.92. The normalized spacial score (nSPS) is 13.7. The lowest BCUT2D eigenvalue weighted by molar-refractivity contribution is 0.410. The van der Waals surface area contributed by atoms with Gasteiger partial charge in [-0.1, -0.05) is 18.2 Å². The number of benzene rings is 2. The van der Waals surface area contributed by atoms with Crippen molar-refractivity contribution in [2.45, 2.75) is 17.9 Å². The van der Waals surface area contributed by atoms with Gasteiger partial charge in [0, 0.05) is 21.9 Å². The van der Waals surface area contributed by atoms with E-state index in [0.29, 0.717) is 16.9 Å². The van der Waals surface area contributed by atoms with Crippen molar-refractivity contribution in [3.63, 3.8) is 0 Å². The van der Waals surface area contributed by atoms with E-state index in [2.05, 4.69) is 0 Å². The first-order chi connectivity index (χ1) is 10.0. The van der Waals surface area contributed by atoms with E-state index < -0.39 is 21.9 Å². The molecule has 2 atom stereocenters. The van der Waals surface area contributed by atoms with Gasteiger partial charge in [-0.2, -0.15) is 0 Å². The highest BCUT2D eigenvalue weighted by Crippen LogP contribution is 2.27. The maximum atomic E-state index is 13.7. The predicted molar refractivity (Wildman–Crippen MR) is 79.6 cm³/mol. The molecule has 2 nitrogen and oxygen atoms in total. The van der Waals surface area contributed by atoms with Crippen LogP contribution < -0.4 is 4.74 Å². The van der Waals surface area contributed by atoms with E-state index in [4.69, 9.17) is 4.74 Å². The molecule has 0 aliphatic heterocycles. The van der Waals surface area contributed by atoms with Gasteiger partial charge in [0.1, 0.15) is 17.4 Å². The molecule has 0 spiro atoms. The summed E-state index contributed by atoms with van der Waals surface area (Å²) in [5.41, 5.74) is 0.908. The van der Waals surface area contributed by atoms with Gasteiger partial charge in [-0.15, -0.1) is 0 Å². The van der Waals surface area contributed by atoms with Crippen molar-refractivity contribution in [2.24, 2.45) is 0 Å². The van der Waals surface area contributed by atoms with Crippen LogP contribution in [0.15, 0.2) is 42.5 Å². The number of methoxy groups -OCH3 is 1. The van der Waals surface area contributed by atoms with Crippen LogP contribution >= 0.6 is 0 Å². The van der Waals surface area contributed by atoms with Gasteiger partial charge < -0.3 is 4.74 Å². The Morgan fingerprint density at radius 1 is 1.19 bits per heavy atom. The molecular weight excluding hydrogens is 294 g/mol. The number of hydrogen-bond donors (Lipinski definition) is 0. The molecule has 2 aromatic rings. The molecule has 0 heterocycles. The van der Waals surface area contributed by atoms with Crippen molar-refractivity contribution in [1.29, 1.82) is 0 Å². The highest BCUT2D eigenvalue weighted by Gasteiger charge is 2.19. The topological polar surface area (TPSA) is 26.3 Å². The van der Waals surface area contributed by atoms with Crippen LogP contribution in [0.3, 0.4) is 0 Å². The number of ether oxygens (including phenoxy) is 1. The zero-order valence-corrected chi connectivity index (χ0v) is 12.6. The lowest BCUT2D eigenvalue weighted by atomic mass is 10.1. The van der Waals surface area contributed by atoms with Gasteiger partial charge in [-0.3, -0.25) is 4.21 Å². The Labute approximate surface area is 125 Å². The number of halogens is 2. The molecule has 0 aliphatic rings. The van der Waals surface area contributed by atoms with Crippen LogP contribution in [0.4, 0.5) is 8.78 Å². The highest BCUT2D eigenvalue weighted by atomic mass is 32.2. The Morgan fingerprint density at radius 3 is 2.57 bits per heavy atom. The molecule has 0 saturated heterocycles. The fraction of sp³-hybridized carbons (Fsp3) is 0.250. The molecule has 0 aromatic heterocycles. The Bertz CT molecular complexity index is 658. The highest BCUT2D eigenvalue weighted by molar-refractivity contribution is 7.84. The minimum atomic E-state index is -1.38. The van der Waals surface area contributed by atoms with Gasteiger partial charge in [-0.25, -0.2) is 8.78 Å². The molecule has 2 rings (SSSR count). The third kappa shape index (κ3) is 3.67. The maximum absolute atomic E-state index is 13.7. The van der Waals surface area contributed by atoms with Crippen LogP contribution in [-0.4, -0.2) is 11.3 Å². The molecule has 0 radical (unpaired) electrons. The van der Waals surface area contributed by atoms with Crippen molar-refractivity contribution in [2.75, 3.05) is 7.11 Å². The van der Waals surface area contributed by atoms with E-state index >= 15 is 0 Å². The van der Waals surface area contributed by atoms with Crippen LogP contribution in [0, 0.1) is 11.6 Å². The largest absolute Gasteiger partial charge is 0.496 e. The standard InChI is InChI=1S/C16H16F2O2S/c1-11(14-5-3-4-6-15(14)18)21(19)10-12-9-13(17)7-8-16(12)20-2/h3-9,11H,10H2,1-2H3/t11-,21-/m1/s1. The van der Waals surface area contributed by atoms with E-state index in [1.54, 1.807) is 25.1 Å². The van der Waals surface area contributed by atoms with E-state index in [1.807, 2.05) is 0 Å². The van der Waals surface area contributed by atoms with Crippen LogP contribution in [0.1, 0.15) is 23.3 Å². The van der Waals surface area contributed by atoms with Gasteiger partial charge in [0.2, 0.25) is 0 Å². The summed E-state index contributed by atoms with van der Waals surface area (Å²) in [4.78, 5) is 0. The number of rotatable bonds is 5. The molecule has 0 N–H and O–H groups in total. The molecule has 5 heteroatoms. The van der Waals surface area contributed by atoms with Crippen LogP contribution in [0.2, 0.25) is 0 Å². The molecule has 0 unspecified atom stereocenters. The van der Waals surface area contributed by atoms with Gasteiger partial charge in [-0.05, 0) is 31.2 Å². The Morgan fingerprint density at radius 2 is 1.90 bits per heavy atom. The second-order valence-electron chi connectivity index (χ2n) is 4.64. The molecule has 0 saturated carbocycles.